The maximum absolute atomic E-state index is 10.8. The van der Waals surface area contributed by atoms with Gasteiger partial charge in [0.2, 0.25) is 5.91 Å². The molecule has 84 valence electrons. The molecule has 1 N–H and O–H groups in total. The average molecular weight is 228 g/mol. The van der Waals surface area contributed by atoms with Gasteiger partial charge in [-0.25, -0.2) is 4.21 Å². The summed E-state index contributed by atoms with van der Waals surface area (Å²) in [5.74, 6) is -0.290. The van der Waals surface area contributed by atoms with E-state index in [0.29, 0.717) is 6.54 Å². The van der Waals surface area contributed by atoms with Crippen molar-refractivity contribution in [2.45, 2.75) is 13.8 Å². The molecule has 0 aliphatic rings. The van der Waals surface area contributed by atoms with Crippen molar-refractivity contribution >= 4 is 17.3 Å². The van der Waals surface area contributed by atoms with Crippen LogP contribution in [0.3, 0.4) is 0 Å². The van der Waals surface area contributed by atoms with Crippen LogP contribution in [0.15, 0.2) is 12.7 Å². The van der Waals surface area contributed by atoms with Crippen LogP contribution in [-0.2, 0) is 20.3 Å². The van der Waals surface area contributed by atoms with Crippen molar-refractivity contribution in [2.24, 2.45) is 5.41 Å². The zero-order valence-electron chi connectivity index (χ0n) is 10.2. The van der Waals surface area contributed by atoms with Gasteiger partial charge < -0.3 is 15.5 Å². The topological polar surface area (TPSA) is 78.5 Å². The third kappa shape index (κ3) is 10.2. The molecule has 0 aliphatic carbocycles. The summed E-state index contributed by atoms with van der Waals surface area (Å²) in [6.45, 7) is 7.21. The third-order valence-electron chi connectivity index (χ3n) is 1.47. The second-order valence-electron chi connectivity index (χ2n) is 3.55. The van der Waals surface area contributed by atoms with E-state index in [4.69, 9.17) is 0 Å². The molecule has 0 spiro atoms. The summed E-state index contributed by atoms with van der Waals surface area (Å²) in [6, 6.07) is 0. The number of nitrogens with one attached hydrogen (secondary N) is 1. The fourth-order valence-corrected chi connectivity index (χ4v) is 1.07. The van der Waals surface area contributed by atoms with E-state index in [1.54, 1.807) is 13.8 Å². The summed E-state index contributed by atoms with van der Waals surface area (Å²) in [7, 11) is 0. The van der Waals surface area contributed by atoms with Crippen molar-refractivity contribution in [3.63, 3.8) is 0 Å². The summed E-state index contributed by atoms with van der Waals surface area (Å²) in [5.41, 5.74) is -0.432. The first kappa shape index (κ1) is 17.3. The van der Waals surface area contributed by atoms with Crippen molar-refractivity contribution in [3.05, 3.63) is 12.7 Å². The van der Waals surface area contributed by atoms with Crippen LogP contribution in [0.4, 0.5) is 0 Å². The van der Waals surface area contributed by atoms with Crippen molar-refractivity contribution in [1.82, 2.24) is 5.32 Å². The Labute approximate surface area is 106 Å². The Hall–Kier alpha value is -0.123. The number of rotatable bonds is 6. The minimum atomic E-state index is -2.51. The molecule has 1 unspecified atom stereocenters. The normalized spacial score (nSPS) is 12.5. The molecule has 0 aliphatic heterocycles. The molecule has 0 saturated carbocycles. The molecule has 15 heavy (non-hydrogen) atoms. The minimum absolute atomic E-state index is 0. The zero-order valence-corrected chi connectivity index (χ0v) is 10.1. The van der Waals surface area contributed by atoms with Crippen molar-refractivity contribution in [1.29, 1.82) is 0 Å². The van der Waals surface area contributed by atoms with Crippen LogP contribution in [0, 0.1) is 5.41 Å². The molecule has 0 saturated heterocycles. The van der Waals surface area contributed by atoms with Crippen LogP contribution < -0.4 is 24.2 Å². The third-order valence-corrected chi connectivity index (χ3v) is 1.78. The van der Waals surface area contributed by atoms with Crippen LogP contribution >= 0.6 is 0 Å². The van der Waals surface area contributed by atoms with Gasteiger partial charge in [-0.2, -0.15) is 0 Å². The number of carbonyl (C=O) groups is 1. The molecule has 0 heterocycles. The largest absolute Gasteiger partial charge is 1.00 e. The van der Waals surface area contributed by atoms with Crippen LogP contribution in [0.25, 0.3) is 0 Å². The molecule has 0 bridgehead atoms. The Kier molecular flexibility index (Phi) is 9.31. The summed E-state index contributed by atoms with van der Waals surface area (Å²) >= 11 is -2.51. The number of hydrogen-bond donors (Lipinski definition) is 1. The van der Waals surface area contributed by atoms with Crippen LogP contribution in [0.2, 0.25) is 0 Å². The van der Waals surface area contributed by atoms with Gasteiger partial charge in [-0.3, -0.25) is 4.79 Å². The smallest absolute Gasteiger partial charge is 1.00 e. The standard InChI is InChI=1S/C8H15NO4S.Li.H/c1-4-7(10)9-5-8(2,3)6-13-14(11)12;;/h4H,1,5-6H2,2-3H3,(H,9,10)(H,11,12);;/q;+1;-1/p-1. The van der Waals surface area contributed by atoms with Gasteiger partial charge in [-0.05, 0) is 6.08 Å². The molecule has 0 radical (unpaired) electrons. The van der Waals surface area contributed by atoms with Gasteiger partial charge >= 0.3 is 18.9 Å². The first-order chi connectivity index (χ1) is 6.37. The van der Waals surface area contributed by atoms with Crippen LogP contribution in [0.1, 0.15) is 15.3 Å². The van der Waals surface area contributed by atoms with Gasteiger partial charge in [-0.15, -0.1) is 0 Å². The molecule has 0 rings (SSSR count). The molecule has 0 aromatic rings. The molecule has 1 atom stereocenters. The van der Waals surface area contributed by atoms with E-state index in [-0.39, 0.29) is 32.8 Å². The molecule has 7 heteroatoms. The maximum atomic E-state index is 10.8. The number of carbonyl (C=O) groups excluding carboxylic acids is 1. The fraction of sp³-hybridized carbons (Fsp3) is 0.625. The van der Waals surface area contributed by atoms with Crippen molar-refractivity contribution in [3.8, 4) is 0 Å². The fourth-order valence-electron chi connectivity index (χ4n) is 0.657. The quantitative estimate of drug-likeness (QED) is 0.303. The molecular formula is C8H15LiNO4S-. The van der Waals surface area contributed by atoms with E-state index < -0.39 is 16.8 Å². The monoisotopic (exact) mass is 228 g/mol. The Morgan fingerprint density at radius 1 is 1.73 bits per heavy atom. The first-order valence-electron chi connectivity index (χ1n) is 4.00. The predicted octanol–water partition coefficient (Wildman–Crippen LogP) is -2.76. The van der Waals surface area contributed by atoms with Crippen LogP contribution in [0.5, 0.6) is 0 Å². The Balaban J connectivity index is -0.000000845. The predicted molar refractivity (Wildman–Crippen MR) is 53.0 cm³/mol. The maximum Gasteiger partial charge on any atom is 1.00 e. The zero-order chi connectivity index (χ0) is 11.2. The van der Waals surface area contributed by atoms with Gasteiger partial charge in [0.25, 0.3) is 0 Å². The number of hydrogen-bond acceptors (Lipinski definition) is 4. The average Bonchev–Trinajstić information content (AvgIpc) is 2.11. The summed E-state index contributed by atoms with van der Waals surface area (Å²) in [6.07, 6.45) is 1.16. The van der Waals surface area contributed by atoms with Gasteiger partial charge in [0.15, 0.2) is 0 Å². The molecule has 5 nitrogen and oxygen atoms in total. The van der Waals surface area contributed by atoms with E-state index in [2.05, 4.69) is 16.1 Å². The van der Waals surface area contributed by atoms with Gasteiger partial charge in [-0.1, -0.05) is 20.4 Å². The van der Waals surface area contributed by atoms with Crippen LogP contribution in [-0.4, -0.2) is 27.8 Å². The molecule has 0 fully saturated rings. The molecule has 0 aromatic heterocycles. The van der Waals surface area contributed by atoms with Gasteiger partial charge in [0.05, 0.1) is 18.0 Å². The second-order valence-corrected chi connectivity index (χ2v) is 4.20. The van der Waals surface area contributed by atoms with E-state index in [1.165, 1.54) is 0 Å². The van der Waals surface area contributed by atoms with E-state index in [0.717, 1.165) is 6.08 Å². The van der Waals surface area contributed by atoms with E-state index in [1.807, 2.05) is 0 Å². The van der Waals surface area contributed by atoms with Crippen molar-refractivity contribution in [2.75, 3.05) is 13.2 Å². The van der Waals surface area contributed by atoms with E-state index in [9.17, 15) is 13.6 Å². The Morgan fingerprint density at radius 2 is 2.27 bits per heavy atom. The SMILES string of the molecule is C=CC(=O)NCC(C)(C)COS(=O)[O-].[H-].[Li+]. The van der Waals surface area contributed by atoms with Gasteiger partial charge in [0, 0.05) is 12.0 Å². The van der Waals surface area contributed by atoms with Gasteiger partial charge in [0.1, 0.15) is 0 Å². The summed E-state index contributed by atoms with van der Waals surface area (Å²) in [4.78, 5) is 10.8. The molecule has 1 amide bonds. The molecular weight excluding hydrogens is 213 g/mol. The minimum Gasteiger partial charge on any atom is -1.00 e. The van der Waals surface area contributed by atoms with E-state index >= 15 is 0 Å². The Bertz CT molecular complexity index is 250. The Morgan fingerprint density at radius 3 is 2.67 bits per heavy atom. The summed E-state index contributed by atoms with van der Waals surface area (Å²) < 4.78 is 24.6. The number of amides is 1. The second kappa shape index (κ2) is 8.08. The molecule has 0 aromatic carbocycles. The summed E-state index contributed by atoms with van der Waals surface area (Å²) in [5, 5.41) is 2.56. The first-order valence-corrected chi connectivity index (χ1v) is 5.00. The van der Waals surface area contributed by atoms with Crippen molar-refractivity contribution < 1.29 is 38.0 Å².